The first-order chi connectivity index (χ1) is 9.16. The average molecular weight is 260 g/mol. The summed E-state index contributed by atoms with van der Waals surface area (Å²) in [4.78, 5) is 15.5. The number of fused-ring (bicyclic) bond motifs is 1. The zero-order chi connectivity index (χ0) is 13.4. The van der Waals surface area contributed by atoms with Crippen molar-refractivity contribution in [2.24, 2.45) is 5.92 Å². The van der Waals surface area contributed by atoms with Crippen molar-refractivity contribution in [1.29, 1.82) is 0 Å². The highest BCUT2D eigenvalue weighted by Gasteiger charge is 2.20. The molecule has 1 aliphatic carbocycles. The van der Waals surface area contributed by atoms with Gasteiger partial charge in [-0.1, -0.05) is 6.42 Å². The topological polar surface area (TPSA) is 63.8 Å². The standard InChI is InChI=1S/C14H16N2O3/c1-9-12(14(17)18)16-7-3-6-11(13(16)15-9)19-8-10-4-2-5-10/h3,6-7,10H,2,4-5,8H2,1H3,(H,17,18). The maximum absolute atomic E-state index is 11.2. The Morgan fingerprint density at radius 1 is 1.58 bits per heavy atom. The number of carboxylic acid groups (broad SMARTS) is 1. The van der Waals surface area contributed by atoms with Crippen molar-refractivity contribution in [3.05, 3.63) is 29.7 Å². The van der Waals surface area contributed by atoms with Crippen molar-refractivity contribution in [3.63, 3.8) is 0 Å². The second-order valence-electron chi connectivity index (χ2n) is 5.02. The van der Waals surface area contributed by atoms with E-state index in [0.29, 0.717) is 29.6 Å². The minimum Gasteiger partial charge on any atom is -0.489 e. The smallest absolute Gasteiger partial charge is 0.354 e. The van der Waals surface area contributed by atoms with Crippen LogP contribution in [0.4, 0.5) is 0 Å². The number of rotatable bonds is 4. The van der Waals surface area contributed by atoms with Crippen LogP contribution >= 0.6 is 0 Å². The van der Waals surface area contributed by atoms with Crippen molar-refractivity contribution in [3.8, 4) is 5.75 Å². The highest BCUT2D eigenvalue weighted by Crippen LogP contribution is 2.28. The predicted molar refractivity (Wildman–Crippen MR) is 69.7 cm³/mol. The normalized spacial score (nSPS) is 15.4. The molecule has 1 saturated carbocycles. The number of aromatic nitrogens is 2. The van der Waals surface area contributed by atoms with Crippen molar-refractivity contribution in [2.75, 3.05) is 6.61 Å². The van der Waals surface area contributed by atoms with Gasteiger partial charge in [-0.15, -0.1) is 0 Å². The number of aryl methyl sites for hydroxylation is 1. The maximum Gasteiger partial charge on any atom is 0.354 e. The molecule has 0 aliphatic heterocycles. The zero-order valence-corrected chi connectivity index (χ0v) is 10.8. The number of nitrogens with zero attached hydrogens (tertiary/aromatic N) is 2. The number of imidazole rings is 1. The first-order valence-electron chi connectivity index (χ1n) is 6.50. The van der Waals surface area contributed by atoms with Crippen molar-refractivity contribution >= 4 is 11.6 Å². The Labute approximate surface area is 110 Å². The van der Waals surface area contributed by atoms with E-state index in [-0.39, 0.29) is 5.69 Å². The molecule has 1 N–H and O–H groups in total. The number of hydrogen-bond acceptors (Lipinski definition) is 3. The van der Waals surface area contributed by atoms with E-state index in [4.69, 9.17) is 4.74 Å². The molecule has 0 radical (unpaired) electrons. The van der Waals surface area contributed by atoms with Crippen LogP contribution < -0.4 is 4.74 Å². The summed E-state index contributed by atoms with van der Waals surface area (Å²) in [6.07, 6.45) is 5.42. The molecule has 0 amide bonds. The second kappa shape index (κ2) is 4.57. The first kappa shape index (κ1) is 12.0. The average Bonchev–Trinajstić information content (AvgIpc) is 2.63. The molecule has 0 aromatic carbocycles. The third-order valence-corrected chi connectivity index (χ3v) is 3.69. The molecule has 1 fully saturated rings. The van der Waals surface area contributed by atoms with Gasteiger partial charge in [-0.2, -0.15) is 0 Å². The zero-order valence-electron chi connectivity index (χ0n) is 10.8. The molecule has 100 valence electrons. The van der Waals surface area contributed by atoms with Gasteiger partial charge in [-0.25, -0.2) is 9.78 Å². The Morgan fingerprint density at radius 2 is 2.37 bits per heavy atom. The summed E-state index contributed by atoms with van der Waals surface area (Å²) in [7, 11) is 0. The third-order valence-electron chi connectivity index (χ3n) is 3.69. The van der Waals surface area contributed by atoms with Gasteiger partial charge in [0.25, 0.3) is 0 Å². The van der Waals surface area contributed by atoms with Gasteiger partial charge in [0.1, 0.15) is 0 Å². The lowest BCUT2D eigenvalue weighted by Gasteiger charge is -2.25. The molecule has 0 saturated heterocycles. The van der Waals surface area contributed by atoms with E-state index in [9.17, 15) is 9.90 Å². The van der Waals surface area contributed by atoms with Crippen LogP contribution in [0.5, 0.6) is 5.75 Å². The Hall–Kier alpha value is -2.04. The lowest BCUT2D eigenvalue weighted by atomic mass is 9.86. The molecule has 5 heteroatoms. The van der Waals surface area contributed by atoms with Crippen molar-refractivity contribution < 1.29 is 14.6 Å². The minimum atomic E-state index is -0.971. The number of carbonyl (C=O) groups is 1. The van der Waals surface area contributed by atoms with Gasteiger partial charge in [0.2, 0.25) is 0 Å². The van der Waals surface area contributed by atoms with Crippen LogP contribution in [0.3, 0.4) is 0 Å². The molecule has 2 aromatic rings. The summed E-state index contributed by atoms with van der Waals surface area (Å²) in [6.45, 7) is 2.39. The van der Waals surface area contributed by atoms with Crippen molar-refractivity contribution in [1.82, 2.24) is 9.38 Å². The largest absolute Gasteiger partial charge is 0.489 e. The fraction of sp³-hybridized carbons (Fsp3) is 0.429. The fourth-order valence-corrected chi connectivity index (χ4v) is 2.39. The Bertz CT molecular complexity index is 629. The molecule has 19 heavy (non-hydrogen) atoms. The number of carboxylic acids is 1. The highest BCUT2D eigenvalue weighted by atomic mass is 16.5. The Kier molecular flexibility index (Phi) is 2.89. The first-order valence-corrected chi connectivity index (χ1v) is 6.50. The van der Waals surface area contributed by atoms with Gasteiger partial charge in [0.15, 0.2) is 17.1 Å². The lowest BCUT2D eigenvalue weighted by molar-refractivity contribution is 0.0688. The third kappa shape index (κ3) is 2.05. The van der Waals surface area contributed by atoms with E-state index in [1.807, 2.05) is 6.07 Å². The molecule has 3 rings (SSSR count). The van der Waals surface area contributed by atoms with Crippen LogP contribution in [0.1, 0.15) is 35.4 Å². The molecule has 1 aliphatic rings. The summed E-state index contributed by atoms with van der Waals surface area (Å²) >= 11 is 0. The molecule has 2 aromatic heterocycles. The number of ether oxygens (including phenoxy) is 1. The maximum atomic E-state index is 11.2. The van der Waals surface area contributed by atoms with Crippen LogP contribution in [-0.2, 0) is 0 Å². The summed E-state index contributed by atoms with van der Waals surface area (Å²) in [5.74, 6) is 0.321. The molecular formula is C14H16N2O3. The Morgan fingerprint density at radius 3 is 3.00 bits per heavy atom. The van der Waals surface area contributed by atoms with Crippen LogP contribution in [0.25, 0.3) is 5.65 Å². The summed E-state index contributed by atoms with van der Waals surface area (Å²) in [5.41, 5.74) is 1.29. The number of hydrogen-bond donors (Lipinski definition) is 1. The SMILES string of the molecule is Cc1nc2c(OCC3CCC3)cccn2c1C(=O)O. The minimum absolute atomic E-state index is 0.198. The van der Waals surface area contributed by atoms with Crippen LogP contribution in [0, 0.1) is 12.8 Å². The van der Waals surface area contributed by atoms with Gasteiger partial charge in [0.05, 0.1) is 12.3 Å². The predicted octanol–water partition coefficient (Wildman–Crippen LogP) is 2.52. The van der Waals surface area contributed by atoms with E-state index in [1.165, 1.54) is 19.3 Å². The van der Waals surface area contributed by atoms with Gasteiger partial charge < -0.3 is 9.84 Å². The van der Waals surface area contributed by atoms with E-state index in [2.05, 4.69) is 4.98 Å². The summed E-state index contributed by atoms with van der Waals surface area (Å²) in [6, 6.07) is 3.63. The quantitative estimate of drug-likeness (QED) is 0.917. The molecule has 5 nitrogen and oxygen atoms in total. The Balaban J connectivity index is 1.96. The highest BCUT2D eigenvalue weighted by molar-refractivity contribution is 5.88. The van der Waals surface area contributed by atoms with Crippen molar-refractivity contribution in [2.45, 2.75) is 26.2 Å². The number of aromatic carboxylic acids is 1. The molecular weight excluding hydrogens is 244 g/mol. The molecule has 0 spiro atoms. The summed E-state index contributed by atoms with van der Waals surface area (Å²) < 4.78 is 7.37. The van der Waals surface area contributed by atoms with Gasteiger partial charge >= 0.3 is 5.97 Å². The van der Waals surface area contributed by atoms with E-state index >= 15 is 0 Å². The molecule has 0 unspecified atom stereocenters. The second-order valence-corrected chi connectivity index (χ2v) is 5.02. The van der Waals surface area contributed by atoms with Gasteiger partial charge in [-0.3, -0.25) is 4.40 Å². The number of pyridine rings is 1. The van der Waals surface area contributed by atoms with Crippen LogP contribution in [0.15, 0.2) is 18.3 Å². The molecule has 2 heterocycles. The van der Waals surface area contributed by atoms with Crippen LogP contribution in [-0.4, -0.2) is 27.1 Å². The summed E-state index contributed by atoms with van der Waals surface area (Å²) in [5, 5.41) is 9.21. The van der Waals surface area contributed by atoms with Gasteiger partial charge in [-0.05, 0) is 37.8 Å². The lowest BCUT2D eigenvalue weighted by Crippen LogP contribution is -2.19. The van der Waals surface area contributed by atoms with Gasteiger partial charge in [0, 0.05) is 6.20 Å². The monoisotopic (exact) mass is 260 g/mol. The van der Waals surface area contributed by atoms with E-state index in [0.717, 1.165) is 0 Å². The van der Waals surface area contributed by atoms with Crippen LogP contribution in [0.2, 0.25) is 0 Å². The van der Waals surface area contributed by atoms with E-state index < -0.39 is 5.97 Å². The van der Waals surface area contributed by atoms with E-state index in [1.54, 1.807) is 23.6 Å². The fourth-order valence-electron chi connectivity index (χ4n) is 2.39. The molecule has 0 bridgehead atoms. The molecule has 0 atom stereocenters.